The van der Waals surface area contributed by atoms with Crippen molar-refractivity contribution < 1.29 is 5.11 Å². The van der Waals surface area contributed by atoms with Crippen LogP contribution in [0.15, 0.2) is 30.3 Å². The Bertz CT molecular complexity index is 466. The Kier molecular flexibility index (Phi) is 4.38. The lowest BCUT2D eigenvalue weighted by molar-refractivity contribution is 0.237. The summed E-state index contributed by atoms with van der Waals surface area (Å²) in [5, 5.41) is 24.0. The number of aromatic nitrogens is 4. The molecule has 2 N–H and O–H groups in total. The molecule has 1 unspecified atom stereocenters. The van der Waals surface area contributed by atoms with Crippen molar-refractivity contribution in [3.8, 4) is 5.69 Å². The van der Waals surface area contributed by atoms with Crippen LogP contribution >= 0.6 is 0 Å². The van der Waals surface area contributed by atoms with Crippen molar-refractivity contribution in [2.75, 3.05) is 6.61 Å². The van der Waals surface area contributed by atoms with Gasteiger partial charge in [-0.1, -0.05) is 25.1 Å². The van der Waals surface area contributed by atoms with Crippen molar-refractivity contribution in [2.24, 2.45) is 0 Å². The van der Waals surface area contributed by atoms with Crippen molar-refractivity contribution in [1.82, 2.24) is 25.5 Å². The molecule has 6 nitrogen and oxygen atoms in total. The predicted molar refractivity (Wildman–Crippen MR) is 67.2 cm³/mol. The Morgan fingerprint density at radius 1 is 1.33 bits per heavy atom. The van der Waals surface area contributed by atoms with Gasteiger partial charge in [-0.2, -0.15) is 4.68 Å². The first-order chi connectivity index (χ1) is 8.85. The molecule has 96 valence electrons. The van der Waals surface area contributed by atoms with E-state index in [0.29, 0.717) is 6.54 Å². The molecule has 0 aliphatic heterocycles. The Balaban J connectivity index is 2.09. The summed E-state index contributed by atoms with van der Waals surface area (Å²) in [4.78, 5) is 0. The van der Waals surface area contributed by atoms with Crippen LogP contribution in [0.1, 0.15) is 19.2 Å². The first-order valence-corrected chi connectivity index (χ1v) is 6.02. The second kappa shape index (κ2) is 6.23. The van der Waals surface area contributed by atoms with Crippen LogP contribution in [0.4, 0.5) is 0 Å². The summed E-state index contributed by atoms with van der Waals surface area (Å²) in [5.41, 5.74) is 0.927. The summed E-state index contributed by atoms with van der Waals surface area (Å²) in [6.45, 7) is 2.67. The standard InChI is InChI=1S/C12H17N5O/c1-2-10(9-18)13-8-12-14-15-16-17(12)11-6-4-3-5-7-11/h3-7,10,13,18H,2,8-9H2,1H3. The van der Waals surface area contributed by atoms with Crippen molar-refractivity contribution >= 4 is 0 Å². The van der Waals surface area contributed by atoms with E-state index in [-0.39, 0.29) is 12.6 Å². The SMILES string of the molecule is CCC(CO)NCc1nnnn1-c1ccccc1. The van der Waals surface area contributed by atoms with E-state index in [1.165, 1.54) is 0 Å². The average molecular weight is 247 g/mol. The number of hydrogen-bond acceptors (Lipinski definition) is 5. The van der Waals surface area contributed by atoms with Crippen LogP contribution < -0.4 is 5.32 Å². The Hall–Kier alpha value is -1.79. The van der Waals surface area contributed by atoms with E-state index in [2.05, 4.69) is 20.8 Å². The maximum atomic E-state index is 9.12. The van der Waals surface area contributed by atoms with Gasteiger partial charge in [0.2, 0.25) is 0 Å². The first-order valence-electron chi connectivity index (χ1n) is 6.02. The summed E-state index contributed by atoms with van der Waals surface area (Å²) in [6.07, 6.45) is 0.864. The second-order valence-electron chi connectivity index (χ2n) is 4.01. The quantitative estimate of drug-likeness (QED) is 0.778. The van der Waals surface area contributed by atoms with Gasteiger partial charge in [-0.05, 0) is 29.0 Å². The van der Waals surface area contributed by atoms with Crippen LogP contribution in [-0.4, -0.2) is 38.0 Å². The van der Waals surface area contributed by atoms with Crippen molar-refractivity contribution in [3.05, 3.63) is 36.2 Å². The molecule has 0 amide bonds. The highest BCUT2D eigenvalue weighted by Gasteiger charge is 2.10. The zero-order valence-electron chi connectivity index (χ0n) is 10.3. The van der Waals surface area contributed by atoms with Crippen molar-refractivity contribution in [3.63, 3.8) is 0 Å². The molecule has 0 radical (unpaired) electrons. The molecule has 18 heavy (non-hydrogen) atoms. The minimum atomic E-state index is 0.0749. The van der Waals surface area contributed by atoms with Gasteiger partial charge in [0.05, 0.1) is 18.8 Å². The predicted octanol–water partition coefficient (Wildman–Crippen LogP) is 0.523. The number of nitrogens with zero attached hydrogens (tertiary/aromatic N) is 4. The van der Waals surface area contributed by atoms with Crippen molar-refractivity contribution in [2.45, 2.75) is 25.9 Å². The minimum absolute atomic E-state index is 0.0749. The number of nitrogens with one attached hydrogen (secondary N) is 1. The number of rotatable bonds is 6. The number of aliphatic hydroxyl groups excluding tert-OH is 1. The topological polar surface area (TPSA) is 75.9 Å². The maximum absolute atomic E-state index is 9.12. The number of benzene rings is 1. The highest BCUT2D eigenvalue weighted by Crippen LogP contribution is 2.06. The smallest absolute Gasteiger partial charge is 0.170 e. The summed E-state index contributed by atoms with van der Waals surface area (Å²) < 4.78 is 1.69. The Morgan fingerprint density at radius 3 is 2.78 bits per heavy atom. The van der Waals surface area contributed by atoms with Crippen LogP contribution in [0.3, 0.4) is 0 Å². The fourth-order valence-corrected chi connectivity index (χ4v) is 1.66. The molecule has 0 bridgehead atoms. The summed E-state index contributed by atoms with van der Waals surface area (Å²) in [5.74, 6) is 0.730. The Morgan fingerprint density at radius 2 is 2.11 bits per heavy atom. The third kappa shape index (κ3) is 2.91. The molecular weight excluding hydrogens is 230 g/mol. The van der Waals surface area contributed by atoms with E-state index < -0.39 is 0 Å². The molecule has 0 fully saturated rings. The van der Waals surface area contributed by atoms with Gasteiger partial charge in [0.25, 0.3) is 0 Å². The van der Waals surface area contributed by atoms with Crippen LogP contribution in [0.25, 0.3) is 5.69 Å². The van der Waals surface area contributed by atoms with Gasteiger partial charge in [-0.25, -0.2) is 0 Å². The van der Waals surface area contributed by atoms with E-state index in [4.69, 9.17) is 5.11 Å². The zero-order chi connectivity index (χ0) is 12.8. The van der Waals surface area contributed by atoms with Crippen LogP contribution in [0, 0.1) is 0 Å². The molecule has 6 heteroatoms. The number of para-hydroxylation sites is 1. The van der Waals surface area contributed by atoms with E-state index in [1.807, 2.05) is 37.3 Å². The lowest BCUT2D eigenvalue weighted by Gasteiger charge is -2.13. The third-order valence-corrected chi connectivity index (χ3v) is 2.80. The molecule has 1 aromatic carbocycles. The lowest BCUT2D eigenvalue weighted by Crippen LogP contribution is -2.32. The molecule has 0 saturated carbocycles. The molecule has 1 heterocycles. The molecule has 0 aliphatic carbocycles. The van der Waals surface area contributed by atoms with Gasteiger partial charge in [0, 0.05) is 6.04 Å². The number of tetrazole rings is 1. The lowest BCUT2D eigenvalue weighted by atomic mass is 10.2. The van der Waals surface area contributed by atoms with E-state index >= 15 is 0 Å². The highest BCUT2D eigenvalue weighted by molar-refractivity contribution is 5.30. The molecule has 2 aromatic rings. The molecular formula is C12H17N5O. The summed E-state index contributed by atoms with van der Waals surface area (Å²) >= 11 is 0. The van der Waals surface area contributed by atoms with Crippen molar-refractivity contribution in [1.29, 1.82) is 0 Å². The summed E-state index contributed by atoms with van der Waals surface area (Å²) in [6, 6.07) is 9.80. The van der Waals surface area contributed by atoms with Crippen LogP contribution in [0.2, 0.25) is 0 Å². The van der Waals surface area contributed by atoms with Gasteiger partial charge in [0.15, 0.2) is 5.82 Å². The molecule has 0 aliphatic rings. The van der Waals surface area contributed by atoms with Gasteiger partial charge in [-0.15, -0.1) is 5.10 Å². The normalized spacial score (nSPS) is 12.6. The molecule has 1 aromatic heterocycles. The first kappa shape index (κ1) is 12.7. The van der Waals surface area contributed by atoms with Gasteiger partial charge < -0.3 is 10.4 Å². The minimum Gasteiger partial charge on any atom is -0.395 e. The van der Waals surface area contributed by atoms with E-state index in [1.54, 1.807) is 4.68 Å². The highest BCUT2D eigenvalue weighted by atomic mass is 16.3. The van der Waals surface area contributed by atoms with Gasteiger partial charge in [0.1, 0.15) is 0 Å². The molecule has 2 rings (SSSR count). The molecule has 1 atom stereocenters. The monoisotopic (exact) mass is 247 g/mol. The second-order valence-corrected chi connectivity index (χ2v) is 4.01. The molecule has 0 spiro atoms. The molecule has 0 saturated heterocycles. The fraction of sp³-hybridized carbons (Fsp3) is 0.417. The van der Waals surface area contributed by atoms with Crippen LogP contribution in [0.5, 0.6) is 0 Å². The number of aliphatic hydroxyl groups is 1. The average Bonchev–Trinajstić information content (AvgIpc) is 2.89. The third-order valence-electron chi connectivity index (χ3n) is 2.80. The van der Waals surface area contributed by atoms with E-state index in [9.17, 15) is 0 Å². The number of hydrogen-bond donors (Lipinski definition) is 2. The summed E-state index contributed by atoms with van der Waals surface area (Å²) in [7, 11) is 0. The van der Waals surface area contributed by atoms with E-state index in [0.717, 1.165) is 17.9 Å². The Labute approximate surface area is 106 Å². The van der Waals surface area contributed by atoms with Gasteiger partial charge in [-0.3, -0.25) is 0 Å². The van der Waals surface area contributed by atoms with Gasteiger partial charge >= 0.3 is 0 Å². The van der Waals surface area contributed by atoms with Crippen LogP contribution in [-0.2, 0) is 6.54 Å². The zero-order valence-corrected chi connectivity index (χ0v) is 10.3. The largest absolute Gasteiger partial charge is 0.395 e. The maximum Gasteiger partial charge on any atom is 0.170 e. The fourth-order valence-electron chi connectivity index (χ4n) is 1.66.